The Morgan fingerprint density at radius 2 is 1.73 bits per heavy atom. The number of anilines is 1. The van der Waals surface area contributed by atoms with Gasteiger partial charge in [-0.05, 0) is 61.4 Å². The van der Waals surface area contributed by atoms with Gasteiger partial charge < -0.3 is 10.1 Å². The van der Waals surface area contributed by atoms with Crippen molar-refractivity contribution in [2.45, 2.75) is 20.8 Å². The summed E-state index contributed by atoms with van der Waals surface area (Å²) in [5.41, 5.74) is 5.04. The zero-order valence-corrected chi connectivity index (χ0v) is 18.6. The topological polar surface area (TPSA) is 80.7 Å². The highest BCUT2D eigenvalue weighted by molar-refractivity contribution is 5.99. The zero-order valence-electron chi connectivity index (χ0n) is 18.6. The molecule has 0 aliphatic heterocycles. The highest BCUT2D eigenvalue weighted by atomic mass is 16.5. The molecule has 6 nitrogen and oxygen atoms in total. The third kappa shape index (κ3) is 5.30. The van der Waals surface area contributed by atoms with Gasteiger partial charge in [0.2, 0.25) is 5.91 Å². The van der Waals surface area contributed by atoms with E-state index in [0.29, 0.717) is 22.7 Å². The van der Waals surface area contributed by atoms with Crippen LogP contribution in [0.3, 0.4) is 0 Å². The first-order valence-corrected chi connectivity index (χ1v) is 10.5. The van der Waals surface area contributed by atoms with Crippen molar-refractivity contribution in [1.82, 2.24) is 4.98 Å². The van der Waals surface area contributed by atoms with Crippen molar-refractivity contribution in [2.24, 2.45) is 4.99 Å². The summed E-state index contributed by atoms with van der Waals surface area (Å²) in [6, 6.07) is 21.9. The van der Waals surface area contributed by atoms with E-state index in [1.165, 1.54) is 6.92 Å². The van der Waals surface area contributed by atoms with Gasteiger partial charge in [-0.1, -0.05) is 30.3 Å². The van der Waals surface area contributed by atoms with Crippen molar-refractivity contribution in [3.05, 3.63) is 95.2 Å². The van der Waals surface area contributed by atoms with Crippen LogP contribution in [0.25, 0.3) is 10.9 Å². The number of nitrogens with zero attached hydrogens (tertiary/aromatic N) is 2. The molecule has 0 aliphatic rings. The summed E-state index contributed by atoms with van der Waals surface area (Å²) in [5.74, 6) is -0.151. The van der Waals surface area contributed by atoms with Gasteiger partial charge in [0.05, 0.1) is 16.8 Å². The lowest BCUT2D eigenvalue weighted by Crippen LogP contribution is -2.09. The van der Waals surface area contributed by atoms with E-state index >= 15 is 0 Å². The summed E-state index contributed by atoms with van der Waals surface area (Å²) in [6.07, 6.45) is 1.67. The van der Waals surface area contributed by atoms with Crippen molar-refractivity contribution < 1.29 is 14.3 Å². The Bertz CT molecular complexity index is 1370. The number of aliphatic imine (C=N–C) groups is 1. The molecule has 0 saturated carbocycles. The molecule has 4 rings (SSSR count). The third-order valence-electron chi connectivity index (χ3n) is 4.97. The molecule has 0 spiro atoms. The smallest absolute Gasteiger partial charge is 0.345 e. The number of para-hydroxylation sites is 1. The molecule has 0 saturated heterocycles. The number of hydrogen-bond acceptors (Lipinski definition) is 5. The van der Waals surface area contributed by atoms with Crippen molar-refractivity contribution >= 4 is 40.4 Å². The molecule has 1 N–H and O–H groups in total. The SMILES string of the molecule is CC(=O)Nc1ccc(C=Nc2ccccc2C(=O)Oc2cc(C)nc3cc(C)ccc23)cc1. The zero-order chi connectivity index (χ0) is 23.4. The number of nitrogens with one attached hydrogen (secondary N) is 1. The maximum Gasteiger partial charge on any atom is 0.345 e. The summed E-state index contributed by atoms with van der Waals surface area (Å²) in [6.45, 7) is 5.33. The molecule has 0 atom stereocenters. The van der Waals surface area contributed by atoms with E-state index in [4.69, 9.17) is 4.74 Å². The molecule has 33 heavy (non-hydrogen) atoms. The first-order valence-electron chi connectivity index (χ1n) is 10.5. The van der Waals surface area contributed by atoms with E-state index in [2.05, 4.69) is 15.3 Å². The Morgan fingerprint density at radius 3 is 2.48 bits per heavy atom. The minimum absolute atomic E-state index is 0.129. The summed E-state index contributed by atoms with van der Waals surface area (Å²) in [4.78, 5) is 33.3. The van der Waals surface area contributed by atoms with Crippen LogP contribution in [0.4, 0.5) is 11.4 Å². The number of carbonyl (C=O) groups excluding carboxylic acids is 2. The minimum atomic E-state index is -0.490. The maximum absolute atomic E-state index is 13.1. The fourth-order valence-corrected chi connectivity index (χ4v) is 3.43. The van der Waals surface area contributed by atoms with Crippen molar-refractivity contribution in [1.29, 1.82) is 0 Å². The fraction of sp³-hybridized carbons (Fsp3) is 0.111. The number of aromatic nitrogens is 1. The summed E-state index contributed by atoms with van der Waals surface area (Å²) in [5, 5.41) is 3.50. The van der Waals surface area contributed by atoms with Gasteiger partial charge >= 0.3 is 5.97 Å². The number of esters is 1. The lowest BCUT2D eigenvalue weighted by atomic mass is 10.1. The average molecular weight is 437 g/mol. The molecular weight excluding hydrogens is 414 g/mol. The Balaban J connectivity index is 1.59. The van der Waals surface area contributed by atoms with Crippen LogP contribution in [0, 0.1) is 13.8 Å². The Hall–Kier alpha value is -4.32. The summed E-state index contributed by atoms with van der Waals surface area (Å²) < 4.78 is 5.79. The summed E-state index contributed by atoms with van der Waals surface area (Å²) >= 11 is 0. The molecule has 0 unspecified atom stereocenters. The largest absolute Gasteiger partial charge is 0.422 e. The molecule has 1 aromatic heterocycles. The normalized spacial score (nSPS) is 11.0. The second kappa shape index (κ2) is 9.44. The number of aryl methyl sites for hydroxylation is 2. The summed E-state index contributed by atoms with van der Waals surface area (Å²) in [7, 11) is 0. The lowest BCUT2D eigenvalue weighted by molar-refractivity contribution is -0.114. The van der Waals surface area contributed by atoms with Gasteiger partial charge in [-0.3, -0.25) is 14.8 Å². The number of rotatable bonds is 5. The highest BCUT2D eigenvalue weighted by Gasteiger charge is 2.15. The van der Waals surface area contributed by atoms with Crippen molar-refractivity contribution in [2.75, 3.05) is 5.32 Å². The molecule has 6 heteroatoms. The fourth-order valence-electron chi connectivity index (χ4n) is 3.43. The molecule has 3 aromatic carbocycles. The molecule has 1 heterocycles. The predicted molar refractivity (Wildman–Crippen MR) is 131 cm³/mol. The van der Waals surface area contributed by atoms with Gasteiger partial charge in [0.1, 0.15) is 5.75 Å². The monoisotopic (exact) mass is 437 g/mol. The second-order valence-corrected chi connectivity index (χ2v) is 7.75. The quantitative estimate of drug-likeness (QED) is 0.317. The predicted octanol–water partition coefficient (Wildman–Crippen LogP) is 5.78. The van der Waals surface area contributed by atoms with E-state index < -0.39 is 5.97 Å². The van der Waals surface area contributed by atoms with E-state index in [1.807, 2.05) is 50.2 Å². The van der Waals surface area contributed by atoms with E-state index in [0.717, 1.165) is 27.7 Å². The number of pyridine rings is 1. The van der Waals surface area contributed by atoms with E-state index in [9.17, 15) is 9.59 Å². The highest BCUT2D eigenvalue weighted by Crippen LogP contribution is 2.28. The Labute approximate surface area is 192 Å². The van der Waals surface area contributed by atoms with Gasteiger partial charge in [-0.15, -0.1) is 0 Å². The lowest BCUT2D eigenvalue weighted by Gasteiger charge is -2.10. The van der Waals surface area contributed by atoms with Crippen LogP contribution in [0.5, 0.6) is 5.75 Å². The first-order chi connectivity index (χ1) is 15.9. The van der Waals surface area contributed by atoms with Gasteiger partial charge in [-0.2, -0.15) is 0 Å². The van der Waals surface area contributed by atoms with Crippen LogP contribution in [-0.2, 0) is 4.79 Å². The van der Waals surface area contributed by atoms with E-state index in [-0.39, 0.29) is 5.91 Å². The third-order valence-corrected chi connectivity index (χ3v) is 4.97. The van der Waals surface area contributed by atoms with Crippen molar-refractivity contribution in [3.63, 3.8) is 0 Å². The molecule has 0 fully saturated rings. The van der Waals surface area contributed by atoms with Crippen LogP contribution in [0.15, 0.2) is 77.8 Å². The van der Waals surface area contributed by atoms with Crippen LogP contribution in [-0.4, -0.2) is 23.1 Å². The van der Waals surface area contributed by atoms with Crippen LogP contribution >= 0.6 is 0 Å². The van der Waals surface area contributed by atoms with E-state index in [1.54, 1.807) is 42.6 Å². The number of amides is 1. The van der Waals surface area contributed by atoms with Crippen LogP contribution in [0.1, 0.15) is 34.1 Å². The van der Waals surface area contributed by atoms with Gasteiger partial charge in [0.25, 0.3) is 0 Å². The Kier molecular flexibility index (Phi) is 6.26. The molecular formula is C27H23N3O3. The van der Waals surface area contributed by atoms with Gasteiger partial charge in [0, 0.05) is 36.0 Å². The standard InChI is InChI=1S/C27H23N3O3/c1-17-8-13-22-25(14-17)29-18(2)15-26(22)33-27(32)23-6-4-5-7-24(23)28-16-20-9-11-21(12-10-20)30-19(3)31/h4-16H,1-3H3,(H,30,31). The first kappa shape index (κ1) is 21.9. The van der Waals surface area contributed by atoms with Crippen LogP contribution in [0.2, 0.25) is 0 Å². The minimum Gasteiger partial charge on any atom is -0.422 e. The molecule has 0 bridgehead atoms. The number of benzene rings is 3. The van der Waals surface area contributed by atoms with Crippen LogP contribution < -0.4 is 10.1 Å². The molecule has 0 aliphatic carbocycles. The number of hydrogen-bond donors (Lipinski definition) is 1. The Morgan fingerprint density at radius 1 is 0.970 bits per heavy atom. The molecule has 1 amide bonds. The van der Waals surface area contributed by atoms with Gasteiger partial charge in [0.15, 0.2) is 0 Å². The molecule has 4 aromatic rings. The number of ether oxygens (including phenoxy) is 1. The number of fused-ring (bicyclic) bond motifs is 1. The van der Waals surface area contributed by atoms with Gasteiger partial charge in [-0.25, -0.2) is 4.79 Å². The second-order valence-electron chi connectivity index (χ2n) is 7.75. The molecule has 0 radical (unpaired) electrons. The van der Waals surface area contributed by atoms with Crippen molar-refractivity contribution in [3.8, 4) is 5.75 Å². The average Bonchev–Trinajstić information content (AvgIpc) is 2.78. The molecule has 164 valence electrons. The number of carbonyl (C=O) groups is 2. The maximum atomic E-state index is 13.1.